The summed E-state index contributed by atoms with van der Waals surface area (Å²) < 4.78 is 31.4. The molecule has 0 saturated carbocycles. The van der Waals surface area contributed by atoms with Gasteiger partial charge < -0.3 is 9.73 Å². The first kappa shape index (κ1) is 17.5. The largest absolute Gasteiger partial charge is 0.444 e. The Hall–Kier alpha value is -1.86. The van der Waals surface area contributed by atoms with E-state index in [9.17, 15) is 8.42 Å². The zero-order valence-electron chi connectivity index (χ0n) is 14.4. The summed E-state index contributed by atoms with van der Waals surface area (Å²) in [5.41, 5.74) is 3.54. The van der Waals surface area contributed by atoms with Crippen molar-refractivity contribution in [3.63, 3.8) is 0 Å². The molecule has 7 heteroatoms. The van der Waals surface area contributed by atoms with Crippen molar-refractivity contribution in [2.24, 2.45) is 0 Å². The van der Waals surface area contributed by atoms with Crippen molar-refractivity contribution in [1.82, 2.24) is 9.29 Å². The van der Waals surface area contributed by atoms with E-state index in [1.54, 1.807) is 12.1 Å². The summed E-state index contributed by atoms with van der Waals surface area (Å²) in [5.74, 6) is 1.37. The Morgan fingerprint density at radius 3 is 2.35 bits per heavy atom. The molecule has 23 heavy (non-hydrogen) atoms. The number of rotatable bonds is 5. The Morgan fingerprint density at radius 1 is 1.17 bits per heavy atom. The first-order valence-corrected chi connectivity index (χ1v) is 8.77. The van der Waals surface area contributed by atoms with E-state index >= 15 is 0 Å². The highest BCUT2D eigenvalue weighted by Crippen LogP contribution is 2.26. The molecule has 0 saturated heterocycles. The molecular weight excluding hydrogens is 314 g/mol. The van der Waals surface area contributed by atoms with E-state index in [-0.39, 0.29) is 4.90 Å². The van der Waals surface area contributed by atoms with Crippen molar-refractivity contribution in [1.29, 1.82) is 0 Å². The van der Waals surface area contributed by atoms with E-state index in [0.29, 0.717) is 12.4 Å². The van der Waals surface area contributed by atoms with Gasteiger partial charge in [-0.15, -0.1) is 0 Å². The van der Waals surface area contributed by atoms with E-state index in [1.165, 1.54) is 18.4 Å². The number of nitrogens with one attached hydrogen (secondary N) is 1. The highest BCUT2D eigenvalue weighted by atomic mass is 32.2. The molecule has 0 fully saturated rings. The van der Waals surface area contributed by atoms with Crippen molar-refractivity contribution in [2.45, 2.75) is 39.1 Å². The van der Waals surface area contributed by atoms with Crippen molar-refractivity contribution >= 4 is 15.7 Å². The first-order chi connectivity index (χ1) is 10.6. The zero-order chi connectivity index (χ0) is 17.4. The van der Waals surface area contributed by atoms with Crippen molar-refractivity contribution in [3.05, 3.63) is 40.6 Å². The summed E-state index contributed by atoms with van der Waals surface area (Å²) in [5, 5.41) is 3.22. The maximum absolute atomic E-state index is 12.3. The Bertz CT molecular complexity index is 804. The molecule has 0 radical (unpaired) electrons. The first-order valence-electron chi connectivity index (χ1n) is 7.33. The molecule has 1 aromatic carbocycles. The second-order valence-corrected chi connectivity index (χ2v) is 7.95. The average molecular weight is 337 g/mol. The quantitative estimate of drug-likeness (QED) is 0.908. The molecule has 1 aromatic heterocycles. The molecule has 1 heterocycles. The Balaban J connectivity index is 2.33. The van der Waals surface area contributed by atoms with Gasteiger partial charge in [-0.1, -0.05) is 0 Å². The molecule has 0 atom stereocenters. The standard InChI is InChI=1S/C16H23N3O3S/c1-10-7-14(23(20,21)19(5)6)8-15(11(10)2)17-9-16-18-12(3)13(4)22-16/h7-8,17H,9H2,1-6H3. The Labute approximate surface area is 137 Å². The molecule has 0 aliphatic carbocycles. The van der Waals surface area contributed by atoms with E-state index in [4.69, 9.17) is 4.42 Å². The Kier molecular flexibility index (Phi) is 4.81. The van der Waals surface area contributed by atoms with E-state index in [1.807, 2.05) is 27.7 Å². The fraction of sp³-hybridized carbons (Fsp3) is 0.438. The van der Waals surface area contributed by atoms with Crippen molar-refractivity contribution < 1.29 is 12.8 Å². The number of hydrogen-bond acceptors (Lipinski definition) is 5. The van der Waals surface area contributed by atoms with Crippen LogP contribution in [0.15, 0.2) is 21.4 Å². The molecule has 0 bridgehead atoms. The van der Waals surface area contributed by atoms with Gasteiger partial charge >= 0.3 is 0 Å². The number of anilines is 1. The third kappa shape index (κ3) is 3.56. The molecule has 0 unspecified atom stereocenters. The van der Waals surface area contributed by atoms with Crippen molar-refractivity contribution in [3.8, 4) is 0 Å². The summed E-state index contributed by atoms with van der Waals surface area (Å²) in [7, 11) is -0.422. The number of nitrogens with zero attached hydrogens (tertiary/aromatic N) is 2. The minimum absolute atomic E-state index is 0.271. The molecule has 0 spiro atoms. The average Bonchev–Trinajstić information content (AvgIpc) is 2.78. The molecule has 126 valence electrons. The minimum Gasteiger partial charge on any atom is -0.444 e. The number of aryl methyl sites for hydroxylation is 3. The summed E-state index contributed by atoms with van der Waals surface area (Å²) in [6, 6.07) is 3.34. The fourth-order valence-electron chi connectivity index (χ4n) is 2.16. The van der Waals surface area contributed by atoms with Gasteiger partial charge in [0.05, 0.1) is 17.1 Å². The SMILES string of the molecule is Cc1cc(S(=O)(=O)N(C)C)cc(NCc2nc(C)c(C)o2)c1C. The number of hydrogen-bond donors (Lipinski definition) is 1. The lowest BCUT2D eigenvalue weighted by Crippen LogP contribution is -2.22. The third-order valence-corrected chi connectivity index (χ3v) is 5.72. The zero-order valence-corrected chi connectivity index (χ0v) is 15.2. The van der Waals surface area contributed by atoms with Crippen LogP contribution in [-0.2, 0) is 16.6 Å². The summed E-state index contributed by atoms with van der Waals surface area (Å²) in [6.45, 7) is 8.01. The predicted molar refractivity (Wildman–Crippen MR) is 90.1 cm³/mol. The van der Waals surface area contributed by atoms with Gasteiger partial charge in [0.25, 0.3) is 0 Å². The topological polar surface area (TPSA) is 75.4 Å². The summed E-state index contributed by atoms with van der Waals surface area (Å²) in [6.07, 6.45) is 0. The number of aromatic nitrogens is 1. The lowest BCUT2D eigenvalue weighted by Gasteiger charge is -2.16. The third-order valence-electron chi connectivity index (χ3n) is 3.92. The molecule has 1 N–H and O–H groups in total. The Morgan fingerprint density at radius 2 is 1.83 bits per heavy atom. The lowest BCUT2D eigenvalue weighted by atomic mass is 10.1. The van der Waals surface area contributed by atoms with Gasteiger partial charge in [0.2, 0.25) is 15.9 Å². The summed E-state index contributed by atoms with van der Waals surface area (Å²) in [4.78, 5) is 4.59. The highest BCUT2D eigenvalue weighted by molar-refractivity contribution is 7.89. The van der Waals surface area contributed by atoms with Crippen LogP contribution in [0.2, 0.25) is 0 Å². The van der Waals surface area contributed by atoms with Crippen LogP contribution < -0.4 is 5.32 Å². The second kappa shape index (κ2) is 6.33. The van der Waals surface area contributed by atoms with Gasteiger partial charge in [-0.2, -0.15) is 0 Å². The van der Waals surface area contributed by atoms with Gasteiger partial charge in [0.1, 0.15) is 5.76 Å². The monoisotopic (exact) mass is 337 g/mol. The van der Waals surface area contributed by atoms with Crippen LogP contribution in [0.1, 0.15) is 28.5 Å². The smallest absolute Gasteiger partial charge is 0.242 e. The van der Waals surface area contributed by atoms with Crippen LogP contribution in [0.4, 0.5) is 5.69 Å². The molecular formula is C16H23N3O3S. The van der Waals surface area contributed by atoms with Gasteiger partial charge in [0, 0.05) is 19.8 Å². The van der Waals surface area contributed by atoms with Crippen LogP contribution >= 0.6 is 0 Å². The van der Waals surface area contributed by atoms with Crippen LogP contribution in [-0.4, -0.2) is 31.8 Å². The van der Waals surface area contributed by atoms with Crippen molar-refractivity contribution in [2.75, 3.05) is 19.4 Å². The van der Waals surface area contributed by atoms with E-state index in [0.717, 1.165) is 28.3 Å². The van der Waals surface area contributed by atoms with Gasteiger partial charge in [-0.3, -0.25) is 0 Å². The molecule has 0 aliphatic rings. The van der Waals surface area contributed by atoms with Crippen LogP contribution in [0.3, 0.4) is 0 Å². The lowest BCUT2D eigenvalue weighted by molar-refractivity contribution is 0.478. The minimum atomic E-state index is -3.47. The molecule has 6 nitrogen and oxygen atoms in total. The maximum atomic E-state index is 12.3. The number of benzene rings is 1. The molecule has 2 rings (SSSR count). The normalized spacial score (nSPS) is 12.0. The number of oxazole rings is 1. The van der Waals surface area contributed by atoms with E-state index in [2.05, 4.69) is 10.3 Å². The maximum Gasteiger partial charge on any atom is 0.242 e. The molecule has 0 amide bonds. The second-order valence-electron chi connectivity index (χ2n) is 5.80. The van der Waals surface area contributed by atoms with Gasteiger partial charge in [-0.25, -0.2) is 17.7 Å². The van der Waals surface area contributed by atoms with Crippen LogP contribution in [0, 0.1) is 27.7 Å². The van der Waals surface area contributed by atoms with Gasteiger partial charge in [0.15, 0.2) is 0 Å². The molecule has 0 aliphatic heterocycles. The highest BCUT2D eigenvalue weighted by Gasteiger charge is 2.19. The number of sulfonamides is 1. The van der Waals surface area contributed by atoms with Crippen LogP contribution in [0.5, 0.6) is 0 Å². The van der Waals surface area contributed by atoms with Gasteiger partial charge in [-0.05, 0) is 51.0 Å². The van der Waals surface area contributed by atoms with E-state index < -0.39 is 10.0 Å². The fourth-order valence-corrected chi connectivity index (χ4v) is 3.17. The molecule has 2 aromatic rings. The predicted octanol–water partition coefficient (Wildman–Crippen LogP) is 2.77. The van der Waals surface area contributed by atoms with Crippen LogP contribution in [0.25, 0.3) is 0 Å². The summed E-state index contributed by atoms with van der Waals surface area (Å²) >= 11 is 0.